The van der Waals surface area contributed by atoms with Crippen LogP contribution in [0.4, 0.5) is 5.69 Å². The standard InChI is InChI=1S/C11H14N4OS/c12-9-3-1-4-10(7-9)16-5-2-6-17-11-13-8-14-15-11/h1,3-4,7-8H,2,5-6,12H2,(H,13,14,15). The molecule has 5 nitrogen and oxygen atoms in total. The second-order valence-corrected chi connectivity index (χ2v) is 4.50. The molecular weight excluding hydrogens is 236 g/mol. The minimum absolute atomic E-state index is 0.671. The van der Waals surface area contributed by atoms with Gasteiger partial charge in [-0.1, -0.05) is 17.8 Å². The highest BCUT2D eigenvalue weighted by molar-refractivity contribution is 7.99. The lowest BCUT2D eigenvalue weighted by atomic mass is 10.3. The van der Waals surface area contributed by atoms with Crippen molar-refractivity contribution < 1.29 is 4.74 Å². The van der Waals surface area contributed by atoms with Gasteiger partial charge in [0.25, 0.3) is 0 Å². The van der Waals surface area contributed by atoms with Gasteiger partial charge < -0.3 is 10.5 Å². The van der Waals surface area contributed by atoms with E-state index in [0.717, 1.165) is 28.8 Å². The van der Waals surface area contributed by atoms with Crippen LogP contribution in [0.15, 0.2) is 35.7 Å². The number of ether oxygens (including phenoxy) is 1. The second-order valence-electron chi connectivity index (χ2n) is 3.41. The molecule has 0 bridgehead atoms. The molecule has 0 fully saturated rings. The van der Waals surface area contributed by atoms with Gasteiger partial charge in [0.1, 0.15) is 12.1 Å². The van der Waals surface area contributed by atoms with Gasteiger partial charge in [0.2, 0.25) is 0 Å². The third-order valence-corrected chi connectivity index (χ3v) is 3.01. The summed E-state index contributed by atoms with van der Waals surface area (Å²) in [6, 6.07) is 7.45. The Bertz CT molecular complexity index is 446. The molecule has 0 atom stereocenters. The zero-order valence-electron chi connectivity index (χ0n) is 9.30. The molecule has 0 saturated heterocycles. The number of nitrogen functional groups attached to an aromatic ring is 1. The van der Waals surface area contributed by atoms with Crippen molar-refractivity contribution in [1.29, 1.82) is 0 Å². The number of anilines is 1. The van der Waals surface area contributed by atoms with Gasteiger partial charge in [-0.05, 0) is 18.6 Å². The molecule has 1 heterocycles. The van der Waals surface area contributed by atoms with Crippen LogP contribution in [0.2, 0.25) is 0 Å². The fraction of sp³-hybridized carbons (Fsp3) is 0.273. The highest BCUT2D eigenvalue weighted by Crippen LogP contribution is 2.16. The summed E-state index contributed by atoms with van der Waals surface area (Å²) in [6.45, 7) is 0.671. The number of rotatable bonds is 6. The third kappa shape index (κ3) is 3.99. The lowest BCUT2D eigenvalue weighted by Crippen LogP contribution is -1.99. The van der Waals surface area contributed by atoms with Crippen LogP contribution >= 0.6 is 11.8 Å². The van der Waals surface area contributed by atoms with Gasteiger partial charge in [-0.2, -0.15) is 5.10 Å². The van der Waals surface area contributed by atoms with Crippen LogP contribution < -0.4 is 10.5 Å². The van der Waals surface area contributed by atoms with Crippen molar-refractivity contribution in [2.75, 3.05) is 18.1 Å². The van der Waals surface area contributed by atoms with E-state index in [0.29, 0.717) is 6.61 Å². The van der Waals surface area contributed by atoms with Crippen LogP contribution in [0, 0.1) is 0 Å². The van der Waals surface area contributed by atoms with Gasteiger partial charge in [-0.15, -0.1) is 0 Å². The van der Waals surface area contributed by atoms with Crippen molar-refractivity contribution in [1.82, 2.24) is 15.2 Å². The first-order chi connectivity index (χ1) is 8.34. The summed E-state index contributed by atoms with van der Waals surface area (Å²) in [6.07, 6.45) is 2.45. The molecule has 0 aliphatic carbocycles. The van der Waals surface area contributed by atoms with E-state index in [-0.39, 0.29) is 0 Å². The Morgan fingerprint density at radius 2 is 2.35 bits per heavy atom. The summed E-state index contributed by atoms with van der Waals surface area (Å²) in [4.78, 5) is 4.02. The Labute approximate surface area is 104 Å². The van der Waals surface area contributed by atoms with E-state index in [2.05, 4.69) is 15.2 Å². The number of nitrogens with two attached hydrogens (primary N) is 1. The summed E-state index contributed by atoms with van der Waals surface area (Å²) in [5, 5.41) is 7.42. The molecule has 0 radical (unpaired) electrons. The number of aromatic amines is 1. The number of hydrogen-bond donors (Lipinski definition) is 2. The molecule has 0 unspecified atom stereocenters. The van der Waals surface area contributed by atoms with Gasteiger partial charge in [0.05, 0.1) is 6.61 Å². The van der Waals surface area contributed by atoms with Crippen molar-refractivity contribution in [2.45, 2.75) is 11.6 Å². The molecular formula is C11H14N4OS. The minimum atomic E-state index is 0.671. The normalized spacial score (nSPS) is 10.4. The molecule has 2 rings (SSSR count). The first kappa shape index (κ1) is 11.8. The largest absolute Gasteiger partial charge is 0.493 e. The summed E-state index contributed by atoms with van der Waals surface area (Å²) in [5.41, 5.74) is 6.37. The van der Waals surface area contributed by atoms with E-state index in [1.807, 2.05) is 24.3 Å². The molecule has 0 spiro atoms. The maximum absolute atomic E-state index is 5.65. The molecule has 1 aromatic heterocycles. The van der Waals surface area contributed by atoms with Crippen molar-refractivity contribution in [3.05, 3.63) is 30.6 Å². The van der Waals surface area contributed by atoms with Crippen molar-refractivity contribution >= 4 is 17.4 Å². The molecule has 17 heavy (non-hydrogen) atoms. The van der Waals surface area contributed by atoms with E-state index in [1.165, 1.54) is 6.33 Å². The summed E-state index contributed by atoms with van der Waals surface area (Å²) < 4.78 is 5.57. The summed E-state index contributed by atoms with van der Waals surface area (Å²) in [7, 11) is 0. The number of thioether (sulfide) groups is 1. The van der Waals surface area contributed by atoms with Gasteiger partial charge >= 0.3 is 0 Å². The molecule has 90 valence electrons. The number of H-pyrrole nitrogens is 1. The lowest BCUT2D eigenvalue weighted by molar-refractivity contribution is 0.319. The molecule has 0 aliphatic rings. The monoisotopic (exact) mass is 250 g/mol. The van der Waals surface area contributed by atoms with Crippen LogP contribution in [0.5, 0.6) is 5.75 Å². The Hall–Kier alpha value is -1.69. The van der Waals surface area contributed by atoms with Crippen LogP contribution in [-0.2, 0) is 0 Å². The zero-order chi connectivity index (χ0) is 11.9. The molecule has 0 saturated carbocycles. The molecule has 0 aliphatic heterocycles. The van der Waals surface area contributed by atoms with Gasteiger partial charge in [-0.25, -0.2) is 4.98 Å². The second kappa shape index (κ2) is 6.15. The van der Waals surface area contributed by atoms with Gasteiger partial charge in [-0.3, -0.25) is 5.10 Å². The maximum atomic E-state index is 5.65. The zero-order valence-corrected chi connectivity index (χ0v) is 10.1. The Morgan fingerprint density at radius 3 is 3.12 bits per heavy atom. The third-order valence-electron chi connectivity index (χ3n) is 2.05. The number of benzene rings is 1. The topological polar surface area (TPSA) is 76.8 Å². The number of aromatic nitrogens is 3. The Kier molecular flexibility index (Phi) is 4.26. The number of hydrogen-bond acceptors (Lipinski definition) is 5. The van der Waals surface area contributed by atoms with E-state index in [4.69, 9.17) is 10.5 Å². The smallest absolute Gasteiger partial charge is 0.183 e. The van der Waals surface area contributed by atoms with Crippen LogP contribution in [0.25, 0.3) is 0 Å². The highest BCUT2D eigenvalue weighted by atomic mass is 32.2. The van der Waals surface area contributed by atoms with Gasteiger partial charge in [0.15, 0.2) is 5.16 Å². The average Bonchev–Trinajstić information content (AvgIpc) is 2.82. The first-order valence-corrected chi connectivity index (χ1v) is 6.29. The molecule has 1 aromatic carbocycles. The van der Waals surface area contributed by atoms with E-state index in [9.17, 15) is 0 Å². The first-order valence-electron chi connectivity index (χ1n) is 5.31. The quantitative estimate of drug-likeness (QED) is 0.465. The minimum Gasteiger partial charge on any atom is -0.493 e. The number of nitrogens with one attached hydrogen (secondary N) is 1. The fourth-order valence-electron chi connectivity index (χ4n) is 1.29. The summed E-state index contributed by atoms with van der Waals surface area (Å²) in [5.74, 6) is 1.76. The SMILES string of the molecule is Nc1cccc(OCCCSc2ncn[nH]2)c1. The van der Waals surface area contributed by atoms with Crippen LogP contribution in [-0.4, -0.2) is 27.5 Å². The molecule has 2 aromatic rings. The maximum Gasteiger partial charge on any atom is 0.183 e. The van der Waals surface area contributed by atoms with Crippen LogP contribution in [0.3, 0.4) is 0 Å². The molecule has 6 heteroatoms. The fourth-order valence-corrected chi connectivity index (χ4v) is 1.98. The van der Waals surface area contributed by atoms with E-state index >= 15 is 0 Å². The van der Waals surface area contributed by atoms with E-state index in [1.54, 1.807) is 11.8 Å². The van der Waals surface area contributed by atoms with Crippen molar-refractivity contribution in [3.63, 3.8) is 0 Å². The molecule has 3 N–H and O–H groups in total. The van der Waals surface area contributed by atoms with Crippen LogP contribution in [0.1, 0.15) is 6.42 Å². The average molecular weight is 250 g/mol. The predicted molar refractivity (Wildman–Crippen MR) is 68.1 cm³/mol. The van der Waals surface area contributed by atoms with Crippen molar-refractivity contribution in [3.8, 4) is 5.75 Å². The lowest BCUT2D eigenvalue weighted by Gasteiger charge is -2.05. The predicted octanol–water partition coefficient (Wildman–Crippen LogP) is 1.95. The van der Waals surface area contributed by atoms with Crippen molar-refractivity contribution in [2.24, 2.45) is 0 Å². The summed E-state index contributed by atoms with van der Waals surface area (Å²) >= 11 is 1.63. The number of nitrogens with zero attached hydrogens (tertiary/aromatic N) is 2. The Balaban J connectivity index is 1.63. The van der Waals surface area contributed by atoms with Gasteiger partial charge in [0, 0.05) is 17.5 Å². The molecule has 0 amide bonds. The highest BCUT2D eigenvalue weighted by Gasteiger charge is 1.97. The Morgan fingerprint density at radius 1 is 1.41 bits per heavy atom. The van der Waals surface area contributed by atoms with E-state index < -0.39 is 0 Å².